The minimum Gasteiger partial charge on any atom is -0.468 e. The van der Waals surface area contributed by atoms with Crippen molar-refractivity contribution in [3.63, 3.8) is 0 Å². The highest BCUT2D eigenvalue weighted by molar-refractivity contribution is 7.09. The third-order valence-corrected chi connectivity index (χ3v) is 3.94. The molecule has 2 heterocycles. The van der Waals surface area contributed by atoms with E-state index in [1.54, 1.807) is 17.6 Å². The quantitative estimate of drug-likeness (QED) is 0.713. The van der Waals surface area contributed by atoms with Gasteiger partial charge in [-0.25, -0.2) is 0 Å². The van der Waals surface area contributed by atoms with Crippen LogP contribution >= 0.6 is 11.3 Å². The Bertz CT molecular complexity index is 476. The lowest BCUT2D eigenvalue weighted by Crippen LogP contribution is -2.19. The Balaban J connectivity index is 1.68. The summed E-state index contributed by atoms with van der Waals surface area (Å²) in [5.74, 6) is 1.64. The summed E-state index contributed by atoms with van der Waals surface area (Å²) >= 11 is 1.78. The molecule has 2 aromatic heterocycles. The maximum Gasteiger partial charge on any atom is 0.123 e. The number of hydrogen-bond donors (Lipinski definition) is 1. The third kappa shape index (κ3) is 5.12. The maximum absolute atomic E-state index is 5.74. The molecular formula is C16H23NO2S. The van der Waals surface area contributed by atoms with E-state index >= 15 is 0 Å². The van der Waals surface area contributed by atoms with Crippen LogP contribution in [0.2, 0.25) is 0 Å². The van der Waals surface area contributed by atoms with Gasteiger partial charge in [-0.1, -0.05) is 19.9 Å². The normalized spacial score (nSPS) is 11.3. The number of thiophene rings is 1. The summed E-state index contributed by atoms with van der Waals surface area (Å²) < 4.78 is 11.2. The van der Waals surface area contributed by atoms with Gasteiger partial charge in [0.25, 0.3) is 0 Å². The van der Waals surface area contributed by atoms with Crippen molar-refractivity contribution in [2.45, 2.75) is 33.4 Å². The predicted molar refractivity (Wildman–Crippen MR) is 82.9 cm³/mol. The van der Waals surface area contributed by atoms with Gasteiger partial charge < -0.3 is 14.5 Å². The van der Waals surface area contributed by atoms with Gasteiger partial charge in [0.1, 0.15) is 5.76 Å². The second kappa shape index (κ2) is 8.25. The van der Waals surface area contributed by atoms with E-state index in [1.807, 2.05) is 6.07 Å². The molecule has 0 spiro atoms. The minimum atomic E-state index is 0.626. The van der Waals surface area contributed by atoms with Crippen LogP contribution in [0.1, 0.15) is 30.0 Å². The fraction of sp³-hybridized carbons (Fsp3) is 0.500. The Labute approximate surface area is 125 Å². The molecule has 0 aliphatic heterocycles. The summed E-state index contributed by atoms with van der Waals surface area (Å²) in [6.07, 6.45) is 2.72. The van der Waals surface area contributed by atoms with Gasteiger partial charge in [0.15, 0.2) is 0 Å². The first-order chi connectivity index (χ1) is 9.75. The lowest BCUT2D eigenvalue weighted by molar-refractivity contribution is 0.123. The SMILES string of the molecule is CC(C)CNCc1occc1COCCc1cccs1. The molecule has 0 bridgehead atoms. The number of rotatable bonds is 9. The van der Waals surface area contributed by atoms with Crippen molar-refractivity contribution in [2.75, 3.05) is 13.2 Å². The van der Waals surface area contributed by atoms with Gasteiger partial charge in [-0.15, -0.1) is 11.3 Å². The smallest absolute Gasteiger partial charge is 0.123 e. The predicted octanol–water partition coefficient (Wildman–Crippen LogP) is 3.85. The molecule has 2 aromatic rings. The third-order valence-electron chi connectivity index (χ3n) is 3.01. The standard InChI is InChI=1S/C16H23NO2S/c1-13(2)10-17-11-16-14(5-8-19-16)12-18-7-6-15-4-3-9-20-15/h3-5,8-9,13,17H,6-7,10-12H2,1-2H3. The molecule has 0 aliphatic rings. The zero-order valence-corrected chi connectivity index (χ0v) is 13.0. The van der Waals surface area contributed by atoms with Crippen LogP contribution in [-0.4, -0.2) is 13.2 Å². The number of nitrogens with one attached hydrogen (secondary N) is 1. The van der Waals surface area contributed by atoms with Gasteiger partial charge in [0.2, 0.25) is 0 Å². The molecule has 0 saturated carbocycles. The molecule has 0 unspecified atom stereocenters. The zero-order valence-electron chi connectivity index (χ0n) is 12.2. The van der Waals surface area contributed by atoms with Crippen molar-refractivity contribution in [3.05, 3.63) is 46.0 Å². The van der Waals surface area contributed by atoms with Gasteiger partial charge >= 0.3 is 0 Å². The topological polar surface area (TPSA) is 34.4 Å². The van der Waals surface area contributed by atoms with Crippen LogP contribution in [0.4, 0.5) is 0 Å². The van der Waals surface area contributed by atoms with Gasteiger partial charge in [-0.3, -0.25) is 0 Å². The van der Waals surface area contributed by atoms with E-state index in [9.17, 15) is 0 Å². The van der Waals surface area contributed by atoms with Crippen LogP contribution in [-0.2, 0) is 24.3 Å². The Morgan fingerprint density at radius 1 is 1.35 bits per heavy atom. The summed E-state index contributed by atoms with van der Waals surface area (Å²) in [6.45, 7) is 7.55. The molecular weight excluding hydrogens is 270 g/mol. The Morgan fingerprint density at radius 3 is 3.00 bits per heavy atom. The van der Waals surface area contributed by atoms with Crippen molar-refractivity contribution in [3.8, 4) is 0 Å². The number of ether oxygens (including phenoxy) is 1. The largest absolute Gasteiger partial charge is 0.468 e. The Hall–Kier alpha value is -1.10. The van der Waals surface area contributed by atoms with Gasteiger partial charge in [-0.2, -0.15) is 0 Å². The minimum absolute atomic E-state index is 0.626. The molecule has 110 valence electrons. The molecule has 0 amide bonds. The molecule has 3 nitrogen and oxygen atoms in total. The monoisotopic (exact) mass is 293 g/mol. The van der Waals surface area contributed by atoms with E-state index in [1.165, 1.54) is 4.88 Å². The van der Waals surface area contributed by atoms with Gasteiger partial charge in [-0.05, 0) is 30.0 Å². The van der Waals surface area contributed by atoms with E-state index in [4.69, 9.17) is 9.15 Å². The van der Waals surface area contributed by atoms with Crippen LogP contribution in [0.15, 0.2) is 34.3 Å². The lowest BCUT2D eigenvalue weighted by atomic mass is 10.2. The fourth-order valence-corrected chi connectivity index (χ4v) is 2.63. The summed E-state index contributed by atoms with van der Waals surface area (Å²) in [5, 5.41) is 5.49. The van der Waals surface area contributed by atoms with Gasteiger partial charge in [0.05, 0.1) is 26.0 Å². The second-order valence-electron chi connectivity index (χ2n) is 5.28. The van der Waals surface area contributed by atoms with Crippen molar-refractivity contribution < 1.29 is 9.15 Å². The van der Waals surface area contributed by atoms with E-state index in [0.29, 0.717) is 12.5 Å². The highest BCUT2D eigenvalue weighted by Gasteiger charge is 2.06. The van der Waals surface area contributed by atoms with Crippen molar-refractivity contribution in [1.82, 2.24) is 5.32 Å². The highest BCUT2D eigenvalue weighted by atomic mass is 32.1. The van der Waals surface area contributed by atoms with Crippen molar-refractivity contribution in [2.24, 2.45) is 5.92 Å². The van der Waals surface area contributed by atoms with Gasteiger partial charge in [0, 0.05) is 16.9 Å². The molecule has 0 aliphatic carbocycles. The average Bonchev–Trinajstić information content (AvgIpc) is 3.06. The first-order valence-corrected chi connectivity index (χ1v) is 7.99. The summed E-state index contributed by atoms with van der Waals surface area (Å²) in [7, 11) is 0. The number of furan rings is 1. The van der Waals surface area contributed by atoms with Crippen LogP contribution in [0.5, 0.6) is 0 Å². The van der Waals surface area contributed by atoms with Crippen LogP contribution in [0, 0.1) is 5.92 Å². The van der Waals surface area contributed by atoms with Crippen molar-refractivity contribution in [1.29, 1.82) is 0 Å². The van der Waals surface area contributed by atoms with E-state index in [-0.39, 0.29) is 0 Å². The molecule has 0 saturated heterocycles. The molecule has 20 heavy (non-hydrogen) atoms. The Kier molecular flexibility index (Phi) is 6.30. The average molecular weight is 293 g/mol. The summed E-state index contributed by atoms with van der Waals surface area (Å²) in [6, 6.07) is 6.22. The van der Waals surface area contributed by atoms with Crippen LogP contribution in [0.25, 0.3) is 0 Å². The van der Waals surface area contributed by atoms with Crippen LogP contribution < -0.4 is 5.32 Å². The fourth-order valence-electron chi connectivity index (χ4n) is 1.93. The molecule has 4 heteroatoms. The van der Waals surface area contributed by atoms with E-state index in [0.717, 1.165) is 37.4 Å². The van der Waals surface area contributed by atoms with E-state index < -0.39 is 0 Å². The molecule has 1 N–H and O–H groups in total. The molecule has 0 fully saturated rings. The van der Waals surface area contributed by atoms with Crippen LogP contribution in [0.3, 0.4) is 0 Å². The maximum atomic E-state index is 5.74. The highest BCUT2D eigenvalue weighted by Crippen LogP contribution is 2.13. The summed E-state index contributed by atoms with van der Waals surface area (Å²) in [5.41, 5.74) is 1.15. The summed E-state index contributed by atoms with van der Waals surface area (Å²) in [4.78, 5) is 1.37. The number of hydrogen-bond acceptors (Lipinski definition) is 4. The lowest BCUT2D eigenvalue weighted by Gasteiger charge is -2.07. The molecule has 0 atom stereocenters. The Morgan fingerprint density at radius 2 is 2.25 bits per heavy atom. The zero-order chi connectivity index (χ0) is 14.2. The van der Waals surface area contributed by atoms with Crippen molar-refractivity contribution >= 4 is 11.3 Å². The first-order valence-electron chi connectivity index (χ1n) is 7.12. The molecule has 0 aromatic carbocycles. The second-order valence-corrected chi connectivity index (χ2v) is 6.31. The first kappa shape index (κ1) is 15.3. The molecule has 0 radical (unpaired) electrons. The molecule has 2 rings (SSSR count). The van der Waals surface area contributed by atoms with E-state index in [2.05, 4.69) is 36.7 Å².